The third-order valence-corrected chi connectivity index (χ3v) is 3.54. The van der Waals surface area contributed by atoms with Crippen molar-refractivity contribution in [1.29, 1.82) is 0 Å². The van der Waals surface area contributed by atoms with Crippen LogP contribution in [0.25, 0.3) is 0 Å². The summed E-state index contributed by atoms with van der Waals surface area (Å²) < 4.78 is 13.3. The number of hydrogen-bond acceptors (Lipinski definition) is 4. The van der Waals surface area contributed by atoms with E-state index >= 15 is 0 Å². The maximum Gasteiger partial charge on any atom is 0.304 e. The Morgan fingerprint density at radius 3 is 2.82 bits per heavy atom. The monoisotopic (exact) mass is 258 g/mol. The predicted octanol–water partition coefficient (Wildman–Crippen LogP) is 2.70. The molecule has 0 radical (unpaired) electrons. The van der Waals surface area contributed by atoms with E-state index in [2.05, 4.69) is 0 Å². The smallest absolute Gasteiger partial charge is 0.304 e. The second-order valence-electron chi connectivity index (χ2n) is 3.73. The quantitative estimate of drug-likeness (QED) is 0.629. The van der Waals surface area contributed by atoms with Gasteiger partial charge in [0, 0.05) is 23.6 Å². The van der Waals surface area contributed by atoms with Crippen LogP contribution in [0.2, 0.25) is 0 Å². The molecule has 4 nitrogen and oxygen atoms in total. The van der Waals surface area contributed by atoms with Crippen molar-refractivity contribution in [2.45, 2.75) is 25.1 Å². The van der Waals surface area contributed by atoms with Crippen LogP contribution in [-0.2, 0) is 5.75 Å². The summed E-state index contributed by atoms with van der Waals surface area (Å²) in [7, 11) is 0. The Labute approximate surface area is 104 Å². The molecule has 0 saturated carbocycles. The standard InChI is InChI=1S/C11H15FN2O2S/c1-2-9(13)7-17-6-8-3-4-11(14(15)16)10(12)5-8/h3-5,9H,2,6-7,13H2,1H3. The van der Waals surface area contributed by atoms with E-state index in [4.69, 9.17) is 5.73 Å². The zero-order valence-electron chi connectivity index (χ0n) is 9.56. The molecule has 0 spiro atoms. The molecule has 1 unspecified atom stereocenters. The van der Waals surface area contributed by atoms with E-state index in [-0.39, 0.29) is 6.04 Å². The molecule has 1 rings (SSSR count). The van der Waals surface area contributed by atoms with Crippen LogP contribution in [0.15, 0.2) is 18.2 Å². The molecule has 0 aliphatic heterocycles. The minimum absolute atomic E-state index is 0.142. The van der Waals surface area contributed by atoms with Gasteiger partial charge in [-0.05, 0) is 18.1 Å². The minimum Gasteiger partial charge on any atom is -0.327 e. The first-order valence-electron chi connectivity index (χ1n) is 5.30. The maximum absolute atomic E-state index is 13.3. The van der Waals surface area contributed by atoms with Gasteiger partial charge in [0.2, 0.25) is 5.82 Å². The van der Waals surface area contributed by atoms with E-state index in [1.54, 1.807) is 17.8 Å². The zero-order chi connectivity index (χ0) is 12.8. The molecule has 0 aliphatic rings. The summed E-state index contributed by atoms with van der Waals surface area (Å²) in [5.41, 5.74) is 6.00. The number of nitrogens with two attached hydrogens (primary N) is 1. The number of rotatable bonds is 6. The molecule has 94 valence electrons. The van der Waals surface area contributed by atoms with Crippen molar-refractivity contribution in [2.24, 2.45) is 5.73 Å². The largest absolute Gasteiger partial charge is 0.327 e. The van der Waals surface area contributed by atoms with E-state index < -0.39 is 16.4 Å². The average molecular weight is 258 g/mol. The van der Waals surface area contributed by atoms with Gasteiger partial charge in [0.1, 0.15) is 0 Å². The highest BCUT2D eigenvalue weighted by Gasteiger charge is 2.13. The second-order valence-corrected chi connectivity index (χ2v) is 4.76. The van der Waals surface area contributed by atoms with E-state index in [0.717, 1.165) is 17.7 Å². The zero-order valence-corrected chi connectivity index (χ0v) is 10.4. The fraction of sp³-hybridized carbons (Fsp3) is 0.455. The summed E-state index contributed by atoms with van der Waals surface area (Å²) in [6.45, 7) is 2.01. The van der Waals surface area contributed by atoms with Gasteiger partial charge in [0.05, 0.1) is 4.92 Å². The number of hydrogen-bond donors (Lipinski definition) is 1. The molecule has 0 amide bonds. The first-order valence-corrected chi connectivity index (χ1v) is 6.46. The van der Waals surface area contributed by atoms with Gasteiger partial charge in [0.25, 0.3) is 0 Å². The van der Waals surface area contributed by atoms with Crippen molar-refractivity contribution in [2.75, 3.05) is 5.75 Å². The molecular formula is C11H15FN2O2S. The Balaban J connectivity index is 2.56. The summed E-state index contributed by atoms with van der Waals surface area (Å²) in [6, 6.07) is 4.13. The number of nitro groups is 1. The highest BCUT2D eigenvalue weighted by Crippen LogP contribution is 2.21. The molecule has 0 aromatic heterocycles. The molecule has 1 aromatic carbocycles. The number of nitro benzene ring substituents is 1. The Kier molecular flexibility index (Phi) is 5.37. The molecule has 0 fully saturated rings. The normalized spacial score (nSPS) is 12.4. The predicted molar refractivity (Wildman–Crippen MR) is 67.5 cm³/mol. The van der Waals surface area contributed by atoms with Crippen LogP contribution < -0.4 is 5.73 Å². The van der Waals surface area contributed by atoms with Gasteiger partial charge in [0.15, 0.2) is 0 Å². The lowest BCUT2D eigenvalue weighted by atomic mass is 10.2. The van der Waals surface area contributed by atoms with Crippen molar-refractivity contribution >= 4 is 17.4 Å². The molecule has 0 aliphatic carbocycles. The van der Waals surface area contributed by atoms with Crippen molar-refractivity contribution in [3.8, 4) is 0 Å². The van der Waals surface area contributed by atoms with Gasteiger partial charge >= 0.3 is 5.69 Å². The summed E-state index contributed by atoms with van der Waals surface area (Å²) in [4.78, 5) is 9.70. The third kappa shape index (κ3) is 4.32. The van der Waals surface area contributed by atoms with Crippen LogP contribution in [0.5, 0.6) is 0 Å². The van der Waals surface area contributed by atoms with Crippen molar-refractivity contribution < 1.29 is 9.31 Å². The fourth-order valence-electron chi connectivity index (χ4n) is 1.23. The average Bonchev–Trinajstić information content (AvgIpc) is 2.28. The molecule has 2 N–H and O–H groups in total. The Morgan fingerprint density at radius 2 is 2.29 bits per heavy atom. The topological polar surface area (TPSA) is 69.2 Å². The number of halogens is 1. The summed E-state index contributed by atoms with van der Waals surface area (Å²) in [6.07, 6.45) is 0.904. The third-order valence-electron chi connectivity index (χ3n) is 2.33. The molecule has 1 atom stereocenters. The molecule has 6 heteroatoms. The lowest BCUT2D eigenvalue weighted by molar-refractivity contribution is -0.387. The molecule has 0 bridgehead atoms. The van der Waals surface area contributed by atoms with Crippen LogP contribution in [0.4, 0.5) is 10.1 Å². The Bertz CT molecular complexity index is 401. The number of benzene rings is 1. The molecule has 1 aromatic rings. The van der Waals surface area contributed by atoms with Gasteiger partial charge in [-0.3, -0.25) is 10.1 Å². The molecule has 17 heavy (non-hydrogen) atoms. The number of nitrogens with zero attached hydrogens (tertiary/aromatic N) is 1. The van der Waals surface area contributed by atoms with Gasteiger partial charge in [-0.25, -0.2) is 0 Å². The minimum atomic E-state index is -0.784. The first kappa shape index (κ1) is 13.9. The lowest BCUT2D eigenvalue weighted by Gasteiger charge is -2.07. The molecule has 0 heterocycles. The second kappa shape index (κ2) is 6.56. The van der Waals surface area contributed by atoms with Crippen molar-refractivity contribution in [1.82, 2.24) is 0 Å². The summed E-state index contributed by atoms with van der Waals surface area (Å²) >= 11 is 1.60. The van der Waals surface area contributed by atoms with Crippen LogP contribution in [-0.4, -0.2) is 16.7 Å². The van der Waals surface area contributed by atoms with E-state index in [9.17, 15) is 14.5 Å². The Morgan fingerprint density at radius 1 is 1.59 bits per heavy atom. The molecular weight excluding hydrogens is 243 g/mol. The van der Waals surface area contributed by atoms with Crippen LogP contribution in [0, 0.1) is 15.9 Å². The molecule has 0 saturated heterocycles. The van der Waals surface area contributed by atoms with Crippen molar-refractivity contribution in [3.63, 3.8) is 0 Å². The van der Waals surface area contributed by atoms with Crippen molar-refractivity contribution in [3.05, 3.63) is 39.7 Å². The van der Waals surface area contributed by atoms with Gasteiger partial charge in [-0.1, -0.05) is 13.0 Å². The first-order chi connectivity index (χ1) is 8.04. The van der Waals surface area contributed by atoms with E-state index in [1.165, 1.54) is 12.1 Å². The summed E-state index contributed by atoms with van der Waals surface area (Å²) in [5, 5.41) is 10.4. The number of thioether (sulfide) groups is 1. The van der Waals surface area contributed by atoms with E-state index in [1.807, 2.05) is 6.92 Å². The highest BCUT2D eigenvalue weighted by molar-refractivity contribution is 7.98. The highest BCUT2D eigenvalue weighted by atomic mass is 32.2. The summed E-state index contributed by atoms with van der Waals surface area (Å²) in [5.74, 6) is 0.630. The van der Waals surface area contributed by atoms with Crippen LogP contribution >= 0.6 is 11.8 Å². The van der Waals surface area contributed by atoms with Gasteiger partial charge < -0.3 is 5.73 Å². The van der Waals surface area contributed by atoms with Crippen LogP contribution in [0.3, 0.4) is 0 Å². The van der Waals surface area contributed by atoms with Gasteiger partial charge in [-0.15, -0.1) is 0 Å². The van der Waals surface area contributed by atoms with E-state index in [0.29, 0.717) is 5.75 Å². The fourth-order valence-corrected chi connectivity index (χ4v) is 2.31. The lowest BCUT2D eigenvalue weighted by Crippen LogP contribution is -2.21. The van der Waals surface area contributed by atoms with Crippen LogP contribution in [0.1, 0.15) is 18.9 Å². The SMILES string of the molecule is CCC(N)CSCc1ccc([N+](=O)[O-])c(F)c1. The maximum atomic E-state index is 13.3. The van der Waals surface area contributed by atoms with Gasteiger partial charge in [-0.2, -0.15) is 16.2 Å². The Hall–Kier alpha value is -1.14.